The standard InChI is InChI=1S/C18H19Cl2NO/c19-15-4-2-14(3-5-15)18-10-1-13(12-22)11-21(18)17-8-6-16(20)7-9-17/h2-9,13,18,22H,1,10-12H2/t13-,18+/m1/s1. The number of hydrogen-bond acceptors (Lipinski definition) is 2. The van der Waals surface area contributed by atoms with Gasteiger partial charge < -0.3 is 10.0 Å². The largest absolute Gasteiger partial charge is 0.396 e. The fourth-order valence-corrected chi connectivity index (χ4v) is 3.40. The Balaban J connectivity index is 1.92. The molecule has 0 radical (unpaired) electrons. The van der Waals surface area contributed by atoms with Gasteiger partial charge in [-0.25, -0.2) is 0 Å². The zero-order valence-electron chi connectivity index (χ0n) is 12.3. The fraction of sp³-hybridized carbons (Fsp3) is 0.333. The summed E-state index contributed by atoms with van der Waals surface area (Å²) in [5.74, 6) is 0.319. The van der Waals surface area contributed by atoms with Crippen LogP contribution in [0.2, 0.25) is 10.0 Å². The van der Waals surface area contributed by atoms with Gasteiger partial charge in [0.05, 0.1) is 6.04 Å². The van der Waals surface area contributed by atoms with E-state index in [-0.39, 0.29) is 6.61 Å². The molecule has 0 spiro atoms. The van der Waals surface area contributed by atoms with Crippen LogP contribution in [-0.2, 0) is 0 Å². The number of rotatable bonds is 3. The van der Waals surface area contributed by atoms with Crippen molar-refractivity contribution in [1.29, 1.82) is 0 Å². The van der Waals surface area contributed by atoms with Crippen molar-refractivity contribution in [1.82, 2.24) is 0 Å². The molecule has 1 aliphatic rings. The minimum atomic E-state index is 0.234. The van der Waals surface area contributed by atoms with Crippen LogP contribution in [0.25, 0.3) is 0 Å². The average Bonchev–Trinajstić information content (AvgIpc) is 2.56. The summed E-state index contributed by atoms with van der Waals surface area (Å²) in [5.41, 5.74) is 2.40. The van der Waals surface area contributed by atoms with Crippen LogP contribution in [0.1, 0.15) is 24.4 Å². The molecule has 2 aromatic rings. The van der Waals surface area contributed by atoms with Crippen molar-refractivity contribution in [2.75, 3.05) is 18.1 Å². The van der Waals surface area contributed by atoms with E-state index in [1.54, 1.807) is 0 Å². The van der Waals surface area contributed by atoms with Crippen molar-refractivity contribution in [3.05, 3.63) is 64.1 Å². The molecule has 3 rings (SSSR count). The first kappa shape index (κ1) is 15.7. The molecule has 22 heavy (non-hydrogen) atoms. The quantitative estimate of drug-likeness (QED) is 0.858. The molecule has 1 aliphatic heterocycles. The minimum absolute atomic E-state index is 0.234. The molecule has 0 amide bonds. The Bertz CT molecular complexity index is 612. The van der Waals surface area contributed by atoms with Crippen LogP contribution in [0.15, 0.2) is 48.5 Å². The third-order valence-electron chi connectivity index (χ3n) is 4.35. The van der Waals surface area contributed by atoms with E-state index >= 15 is 0 Å². The number of piperidine rings is 1. The maximum atomic E-state index is 9.53. The number of halogens is 2. The average molecular weight is 336 g/mol. The summed E-state index contributed by atoms with van der Waals surface area (Å²) >= 11 is 12.0. The van der Waals surface area contributed by atoms with Gasteiger partial charge in [0.15, 0.2) is 0 Å². The summed E-state index contributed by atoms with van der Waals surface area (Å²) in [7, 11) is 0. The molecule has 4 heteroatoms. The monoisotopic (exact) mass is 335 g/mol. The van der Waals surface area contributed by atoms with Gasteiger partial charge in [-0.15, -0.1) is 0 Å². The Morgan fingerprint density at radius 2 is 1.50 bits per heavy atom. The molecule has 0 aromatic heterocycles. The molecule has 116 valence electrons. The van der Waals surface area contributed by atoms with Gasteiger partial charge in [-0.3, -0.25) is 0 Å². The zero-order chi connectivity index (χ0) is 15.5. The van der Waals surface area contributed by atoms with Gasteiger partial charge in [-0.2, -0.15) is 0 Å². The fourth-order valence-electron chi connectivity index (χ4n) is 3.14. The van der Waals surface area contributed by atoms with Crippen molar-refractivity contribution >= 4 is 28.9 Å². The number of aliphatic hydroxyl groups is 1. The molecule has 1 N–H and O–H groups in total. The minimum Gasteiger partial charge on any atom is -0.396 e. The highest BCUT2D eigenvalue weighted by Crippen LogP contribution is 2.37. The normalized spacial score (nSPS) is 21.9. The molecule has 2 atom stereocenters. The Morgan fingerprint density at radius 1 is 0.909 bits per heavy atom. The van der Waals surface area contributed by atoms with Gasteiger partial charge >= 0.3 is 0 Å². The van der Waals surface area contributed by atoms with Crippen LogP contribution in [0.5, 0.6) is 0 Å². The van der Waals surface area contributed by atoms with Crippen LogP contribution in [0, 0.1) is 5.92 Å². The molecule has 2 aromatic carbocycles. The van der Waals surface area contributed by atoms with Gasteiger partial charge in [0.2, 0.25) is 0 Å². The first-order valence-electron chi connectivity index (χ1n) is 7.56. The van der Waals surface area contributed by atoms with E-state index < -0.39 is 0 Å². The zero-order valence-corrected chi connectivity index (χ0v) is 13.8. The summed E-state index contributed by atoms with van der Waals surface area (Å²) in [4.78, 5) is 2.37. The summed E-state index contributed by atoms with van der Waals surface area (Å²) in [6.07, 6.45) is 2.06. The highest BCUT2D eigenvalue weighted by atomic mass is 35.5. The molecule has 0 bridgehead atoms. The molecule has 0 saturated carbocycles. The van der Waals surface area contributed by atoms with Crippen LogP contribution in [-0.4, -0.2) is 18.3 Å². The van der Waals surface area contributed by atoms with E-state index in [2.05, 4.69) is 17.0 Å². The lowest BCUT2D eigenvalue weighted by Gasteiger charge is -2.41. The maximum absolute atomic E-state index is 9.53. The predicted molar refractivity (Wildman–Crippen MR) is 92.8 cm³/mol. The van der Waals surface area contributed by atoms with Crippen molar-refractivity contribution < 1.29 is 5.11 Å². The van der Waals surface area contributed by atoms with E-state index in [0.717, 1.165) is 35.1 Å². The number of nitrogens with zero attached hydrogens (tertiary/aromatic N) is 1. The molecule has 2 nitrogen and oxygen atoms in total. The lowest BCUT2D eigenvalue weighted by atomic mass is 9.89. The Morgan fingerprint density at radius 3 is 2.09 bits per heavy atom. The van der Waals surface area contributed by atoms with E-state index in [4.69, 9.17) is 23.2 Å². The highest BCUT2D eigenvalue weighted by molar-refractivity contribution is 6.30. The Kier molecular flexibility index (Phi) is 4.92. The van der Waals surface area contributed by atoms with Gasteiger partial charge in [0.1, 0.15) is 0 Å². The molecule has 1 fully saturated rings. The van der Waals surface area contributed by atoms with E-state index in [9.17, 15) is 5.11 Å². The lowest BCUT2D eigenvalue weighted by Crippen LogP contribution is -2.39. The predicted octanol–water partition coefficient (Wildman–Crippen LogP) is 4.94. The second-order valence-electron chi connectivity index (χ2n) is 5.82. The highest BCUT2D eigenvalue weighted by Gasteiger charge is 2.29. The molecular weight excluding hydrogens is 317 g/mol. The Labute approximate surface area is 141 Å². The third-order valence-corrected chi connectivity index (χ3v) is 4.85. The summed E-state index contributed by atoms with van der Waals surface area (Å²) in [5, 5.41) is 11.0. The Hall–Kier alpha value is -1.22. The summed E-state index contributed by atoms with van der Waals surface area (Å²) in [6, 6.07) is 16.3. The van der Waals surface area contributed by atoms with E-state index in [1.165, 1.54) is 5.56 Å². The van der Waals surface area contributed by atoms with Crippen LogP contribution < -0.4 is 4.90 Å². The van der Waals surface area contributed by atoms with Crippen molar-refractivity contribution in [2.45, 2.75) is 18.9 Å². The molecule has 0 unspecified atom stereocenters. The van der Waals surface area contributed by atoms with Crippen molar-refractivity contribution in [3.63, 3.8) is 0 Å². The van der Waals surface area contributed by atoms with Crippen molar-refractivity contribution in [3.8, 4) is 0 Å². The lowest BCUT2D eigenvalue weighted by molar-refractivity contribution is 0.198. The van der Waals surface area contributed by atoms with Gasteiger partial charge in [-0.05, 0) is 60.7 Å². The van der Waals surface area contributed by atoms with Gasteiger partial charge in [-0.1, -0.05) is 35.3 Å². The van der Waals surface area contributed by atoms with E-state index in [1.807, 2.05) is 36.4 Å². The van der Waals surface area contributed by atoms with Crippen LogP contribution in [0.3, 0.4) is 0 Å². The molecule has 0 aliphatic carbocycles. The molecule has 1 saturated heterocycles. The van der Waals surface area contributed by atoms with Crippen LogP contribution in [0.4, 0.5) is 5.69 Å². The second kappa shape index (κ2) is 6.91. The van der Waals surface area contributed by atoms with Crippen LogP contribution >= 0.6 is 23.2 Å². The van der Waals surface area contributed by atoms with E-state index in [0.29, 0.717) is 12.0 Å². The third kappa shape index (κ3) is 3.40. The summed E-state index contributed by atoms with van der Waals surface area (Å²) < 4.78 is 0. The molecular formula is C18H19Cl2NO. The summed E-state index contributed by atoms with van der Waals surface area (Å²) in [6.45, 7) is 1.09. The number of anilines is 1. The number of aliphatic hydroxyl groups excluding tert-OH is 1. The number of benzene rings is 2. The van der Waals surface area contributed by atoms with Crippen molar-refractivity contribution in [2.24, 2.45) is 5.92 Å². The van der Waals surface area contributed by atoms with Gasteiger partial charge in [0.25, 0.3) is 0 Å². The SMILES string of the molecule is OC[C@@H]1CC[C@@H](c2ccc(Cl)cc2)N(c2ccc(Cl)cc2)C1. The molecule has 1 heterocycles. The van der Waals surface area contributed by atoms with Gasteiger partial charge in [0, 0.05) is 28.9 Å². The first-order chi connectivity index (χ1) is 10.7. The first-order valence-corrected chi connectivity index (χ1v) is 8.31. The topological polar surface area (TPSA) is 23.5 Å². The second-order valence-corrected chi connectivity index (χ2v) is 6.69. The number of hydrogen-bond donors (Lipinski definition) is 1. The maximum Gasteiger partial charge on any atom is 0.0542 e. The smallest absolute Gasteiger partial charge is 0.0542 e.